The maximum absolute atomic E-state index is 9.12. The van der Waals surface area contributed by atoms with E-state index in [2.05, 4.69) is 0 Å². The zero-order valence-corrected chi connectivity index (χ0v) is 7.20. The average molecular weight is 157 g/mol. The Labute approximate surface area is 65.2 Å². The highest BCUT2D eigenvalue weighted by Crippen LogP contribution is 2.33. The number of allylic oxidation sites excluding steroid dienone is 2. The van der Waals surface area contributed by atoms with Crippen molar-refractivity contribution in [2.45, 2.75) is 13.8 Å². The smallest absolute Gasteiger partial charge is 0.120 e. The monoisotopic (exact) mass is 157 g/mol. The van der Waals surface area contributed by atoms with Gasteiger partial charge in [-0.1, -0.05) is 11.8 Å². The first-order chi connectivity index (χ1) is 4.63. The maximum atomic E-state index is 9.12. The van der Waals surface area contributed by atoms with E-state index < -0.39 is 0 Å². The fourth-order valence-corrected chi connectivity index (χ4v) is 1.70. The normalized spacial score (nSPS) is 23.1. The van der Waals surface area contributed by atoms with E-state index in [1.165, 1.54) is 5.70 Å². The van der Waals surface area contributed by atoms with Crippen molar-refractivity contribution in [2.75, 3.05) is 7.05 Å². The Balaban J connectivity index is 2.84. The summed E-state index contributed by atoms with van der Waals surface area (Å²) in [6.45, 7) is 3.72. The van der Waals surface area contributed by atoms with Gasteiger partial charge in [-0.3, -0.25) is 0 Å². The van der Waals surface area contributed by atoms with Crippen molar-refractivity contribution in [3.63, 3.8) is 0 Å². The highest BCUT2D eigenvalue weighted by molar-refractivity contribution is 8.06. The van der Waals surface area contributed by atoms with Gasteiger partial charge in [0.05, 0.1) is 0 Å². The lowest BCUT2D eigenvalue weighted by Gasteiger charge is -2.14. The van der Waals surface area contributed by atoms with Crippen LogP contribution in [0.5, 0.6) is 0 Å². The van der Waals surface area contributed by atoms with Crippen LogP contribution in [0.3, 0.4) is 0 Å². The maximum Gasteiger partial charge on any atom is 0.120 e. The van der Waals surface area contributed by atoms with Crippen LogP contribution in [0.25, 0.3) is 0 Å². The van der Waals surface area contributed by atoms with Crippen LogP contribution in [0, 0.1) is 0 Å². The first-order valence-corrected chi connectivity index (χ1v) is 3.98. The minimum absolute atomic E-state index is 0.389. The Morgan fingerprint density at radius 2 is 2.30 bits per heavy atom. The number of hydrogen-bond donors (Lipinski definition) is 1. The molecule has 0 unspecified atom stereocenters. The van der Waals surface area contributed by atoms with Crippen LogP contribution in [0.2, 0.25) is 0 Å². The second-order valence-corrected chi connectivity index (χ2v) is 3.18. The number of rotatable bonds is 0. The van der Waals surface area contributed by atoms with E-state index in [9.17, 15) is 0 Å². The summed E-state index contributed by atoms with van der Waals surface area (Å²) in [5, 5.41) is 12.1. The minimum Gasteiger partial charge on any atom is -0.510 e. The van der Waals surface area contributed by atoms with Crippen molar-refractivity contribution >= 4 is 11.8 Å². The second-order valence-electron chi connectivity index (χ2n) is 2.33. The standard InChI is InChI=1S/C7H11NOS/c1-5-4-10-7(6(2)9)8(5)3/h4,9H,1-3H3/b7-6-. The van der Waals surface area contributed by atoms with Gasteiger partial charge in [0, 0.05) is 12.7 Å². The number of hydrogen-bond acceptors (Lipinski definition) is 3. The zero-order chi connectivity index (χ0) is 7.72. The Morgan fingerprint density at radius 3 is 2.50 bits per heavy atom. The van der Waals surface area contributed by atoms with E-state index in [1.54, 1.807) is 18.7 Å². The first kappa shape index (κ1) is 7.54. The average Bonchev–Trinajstić information content (AvgIpc) is 2.14. The number of thioether (sulfide) groups is 1. The molecule has 0 saturated carbocycles. The van der Waals surface area contributed by atoms with Gasteiger partial charge in [0.15, 0.2) is 0 Å². The van der Waals surface area contributed by atoms with Crippen molar-refractivity contribution in [1.82, 2.24) is 4.90 Å². The SMILES string of the molecule is CC1=CS/C(=C(/C)O)N1C. The summed E-state index contributed by atoms with van der Waals surface area (Å²) in [5.41, 5.74) is 1.17. The molecule has 0 spiro atoms. The summed E-state index contributed by atoms with van der Waals surface area (Å²) < 4.78 is 0. The van der Waals surface area contributed by atoms with Crippen molar-refractivity contribution in [2.24, 2.45) is 0 Å². The summed E-state index contributed by atoms with van der Waals surface area (Å²) >= 11 is 1.56. The molecule has 2 nitrogen and oxygen atoms in total. The summed E-state index contributed by atoms with van der Waals surface area (Å²) in [4.78, 5) is 1.97. The molecule has 1 N–H and O–H groups in total. The quantitative estimate of drug-likeness (QED) is 0.546. The van der Waals surface area contributed by atoms with Crippen LogP contribution in [-0.4, -0.2) is 17.1 Å². The third-order valence-electron chi connectivity index (χ3n) is 1.48. The lowest BCUT2D eigenvalue weighted by atomic mass is 10.5. The van der Waals surface area contributed by atoms with Crippen LogP contribution >= 0.6 is 11.8 Å². The molecule has 0 aromatic heterocycles. The highest BCUT2D eigenvalue weighted by atomic mass is 32.2. The van der Waals surface area contributed by atoms with Gasteiger partial charge in [0.1, 0.15) is 10.8 Å². The Hall–Kier alpha value is -0.570. The van der Waals surface area contributed by atoms with Gasteiger partial charge in [-0.25, -0.2) is 0 Å². The van der Waals surface area contributed by atoms with E-state index in [-0.39, 0.29) is 0 Å². The third kappa shape index (κ3) is 1.14. The fraction of sp³-hybridized carbons (Fsp3) is 0.429. The number of aliphatic hydroxyl groups excluding tert-OH is 1. The first-order valence-electron chi connectivity index (χ1n) is 3.10. The van der Waals surface area contributed by atoms with Crippen molar-refractivity contribution < 1.29 is 5.11 Å². The Bertz CT molecular complexity index is 204. The molecule has 0 saturated heterocycles. The third-order valence-corrected chi connectivity index (χ3v) is 2.74. The molecule has 0 bridgehead atoms. The van der Waals surface area contributed by atoms with Gasteiger partial charge in [-0.05, 0) is 19.3 Å². The fourth-order valence-electron chi connectivity index (χ4n) is 0.787. The number of aliphatic hydroxyl groups is 1. The van der Waals surface area contributed by atoms with E-state index in [0.29, 0.717) is 5.76 Å². The predicted molar refractivity (Wildman–Crippen MR) is 44.4 cm³/mol. The van der Waals surface area contributed by atoms with Gasteiger partial charge in [-0.15, -0.1) is 0 Å². The molecule has 0 radical (unpaired) electrons. The van der Waals surface area contributed by atoms with Gasteiger partial charge in [0.2, 0.25) is 0 Å². The summed E-state index contributed by atoms with van der Waals surface area (Å²) in [6, 6.07) is 0. The van der Waals surface area contributed by atoms with Crippen LogP contribution in [0.15, 0.2) is 21.9 Å². The van der Waals surface area contributed by atoms with Crippen LogP contribution in [-0.2, 0) is 0 Å². The lowest BCUT2D eigenvalue weighted by Crippen LogP contribution is -2.09. The van der Waals surface area contributed by atoms with Crippen molar-refractivity contribution in [3.8, 4) is 0 Å². The largest absolute Gasteiger partial charge is 0.510 e. The molecule has 3 heteroatoms. The summed E-state index contributed by atoms with van der Waals surface area (Å²) in [7, 11) is 1.95. The zero-order valence-electron chi connectivity index (χ0n) is 6.38. The Morgan fingerprint density at radius 1 is 1.70 bits per heavy atom. The molecule has 1 aliphatic heterocycles. The molecule has 1 rings (SSSR count). The molecule has 0 aromatic carbocycles. The molecular formula is C7H11NOS. The molecule has 10 heavy (non-hydrogen) atoms. The molecule has 1 heterocycles. The van der Waals surface area contributed by atoms with E-state index in [1.807, 2.05) is 24.3 Å². The highest BCUT2D eigenvalue weighted by Gasteiger charge is 2.15. The molecule has 0 atom stereocenters. The molecule has 56 valence electrons. The molecule has 0 fully saturated rings. The van der Waals surface area contributed by atoms with Crippen LogP contribution < -0.4 is 0 Å². The Kier molecular flexibility index (Phi) is 1.94. The van der Waals surface area contributed by atoms with Gasteiger partial charge >= 0.3 is 0 Å². The topological polar surface area (TPSA) is 23.5 Å². The predicted octanol–water partition coefficient (Wildman–Crippen LogP) is 2.27. The molecule has 0 aliphatic carbocycles. The van der Waals surface area contributed by atoms with Crippen molar-refractivity contribution in [1.29, 1.82) is 0 Å². The van der Waals surface area contributed by atoms with Gasteiger partial charge in [0.25, 0.3) is 0 Å². The van der Waals surface area contributed by atoms with E-state index >= 15 is 0 Å². The van der Waals surface area contributed by atoms with Crippen LogP contribution in [0.1, 0.15) is 13.8 Å². The molecule has 1 aliphatic rings. The molecular weight excluding hydrogens is 146 g/mol. The van der Waals surface area contributed by atoms with E-state index in [4.69, 9.17) is 5.11 Å². The van der Waals surface area contributed by atoms with Gasteiger partial charge < -0.3 is 10.0 Å². The second kappa shape index (κ2) is 2.58. The summed E-state index contributed by atoms with van der Waals surface area (Å²) in [6.07, 6.45) is 0. The molecule has 0 amide bonds. The van der Waals surface area contributed by atoms with Crippen molar-refractivity contribution in [3.05, 3.63) is 21.9 Å². The van der Waals surface area contributed by atoms with Crippen LogP contribution in [0.4, 0.5) is 0 Å². The minimum atomic E-state index is 0.389. The van der Waals surface area contributed by atoms with E-state index in [0.717, 1.165) is 5.03 Å². The molecule has 0 aromatic rings. The van der Waals surface area contributed by atoms with Gasteiger partial charge in [-0.2, -0.15) is 0 Å². The number of nitrogens with zero attached hydrogens (tertiary/aromatic N) is 1. The lowest BCUT2D eigenvalue weighted by molar-refractivity contribution is 0.389. The summed E-state index contributed by atoms with van der Waals surface area (Å²) in [5.74, 6) is 0.389.